The fourth-order valence-electron chi connectivity index (χ4n) is 1.80. The third kappa shape index (κ3) is 5.60. The van der Waals surface area contributed by atoms with Crippen LogP contribution >= 0.6 is 11.8 Å². The van der Waals surface area contributed by atoms with E-state index >= 15 is 0 Å². The lowest BCUT2D eigenvalue weighted by atomic mass is 10.0. The van der Waals surface area contributed by atoms with Gasteiger partial charge in [-0.2, -0.15) is 0 Å². The fourth-order valence-corrected chi connectivity index (χ4v) is 2.96. The zero-order valence-electron chi connectivity index (χ0n) is 11.0. The molecule has 0 heterocycles. The summed E-state index contributed by atoms with van der Waals surface area (Å²) in [5.74, 6) is 2.06. The van der Waals surface area contributed by atoms with Crippen LogP contribution in [0.3, 0.4) is 0 Å². The van der Waals surface area contributed by atoms with Crippen molar-refractivity contribution < 1.29 is 5.11 Å². The van der Waals surface area contributed by atoms with E-state index in [-0.39, 0.29) is 6.61 Å². The molecule has 2 heteroatoms. The van der Waals surface area contributed by atoms with Crippen LogP contribution in [0.4, 0.5) is 0 Å². The van der Waals surface area contributed by atoms with E-state index in [1.165, 1.54) is 36.3 Å². The molecule has 0 bridgehead atoms. The first-order valence-electron chi connectivity index (χ1n) is 6.62. The molecule has 0 fully saturated rings. The molecule has 1 aromatic carbocycles. The van der Waals surface area contributed by atoms with Crippen molar-refractivity contribution in [3.05, 3.63) is 29.8 Å². The average molecular weight is 252 g/mol. The second-order valence-corrected chi connectivity index (χ2v) is 5.62. The molecule has 0 aliphatic rings. The number of unbranched alkanes of at least 4 members (excludes halogenated alkanes) is 1. The highest BCUT2D eigenvalue weighted by atomic mass is 32.2. The topological polar surface area (TPSA) is 20.2 Å². The Morgan fingerprint density at radius 2 is 1.88 bits per heavy atom. The molecule has 1 nitrogen and oxygen atoms in total. The van der Waals surface area contributed by atoms with Crippen molar-refractivity contribution >= 4 is 11.8 Å². The lowest BCUT2D eigenvalue weighted by Gasteiger charge is -2.13. The molecular formula is C15H24OS. The molecule has 0 aliphatic heterocycles. The molecule has 0 aliphatic carbocycles. The molecule has 0 amide bonds. The number of thioether (sulfide) groups is 1. The molecule has 17 heavy (non-hydrogen) atoms. The van der Waals surface area contributed by atoms with Crippen molar-refractivity contribution in [2.45, 2.75) is 51.0 Å². The van der Waals surface area contributed by atoms with Crippen LogP contribution in [0.25, 0.3) is 0 Å². The molecule has 0 aromatic heterocycles. The fraction of sp³-hybridized carbons (Fsp3) is 0.600. The summed E-state index contributed by atoms with van der Waals surface area (Å²) >= 11 is 1.94. The van der Waals surface area contributed by atoms with E-state index in [0.29, 0.717) is 0 Å². The Bertz CT molecular complexity index is 294. The highest BCUT2D eigenvalue weighted by Crippen LogP contribution is 2.25. The minimum absolute atomic E-state index is 0.138. The average Bonchev–Trinajstić information content (AvgIpc) is 2.39. The monoisotopic (exact) mass is 252 g/mol. The van der Waals surface area contributed by atoms with Gasteiger partial charge in [-0.3, -0.25) is 0 Å². The van der Waals surface area contributed by atoms with Crippen LogP contribution in [-0.4, -0.2) is 10.9 Å². The van der Waals surface area contributed by atoms with Crippen molar-refractivity contribution in [1.82, 2.24) is 0 Å². The van der Waals surface area contributed by atoms with E-state index < -0.39 is 0 Å². The van der Waals surface area contributed by atoms with Crippen molar-refractivity contribution in [2.24, 2.45) is 5.92 Å². The van der Waals surface area contributed by atoms with E-state index in [2.05, 4.69) is 26.0 Å². The molecule has 0 spiro atoms. The molecule has 0 radical (unpaired) electrons. The maximum Gasteiger partial charge on any atom is 0.0681 e. The normalized spacial score (nSPS) is 12.6. The van der Waals surface area contributed by atoms with Crippen LogP contribution in [-0.2, 0) is 6.61 Å². The SMILES string of the molecule is CCCCC(CC)CSc1ccc(CO)cc1. The molecule has 1 unspecified atom stereocenters. The largest absolute Gasteiger partial charge is 0.392 e. The summed E-state index contributed by atoms with van der Waals surface area (Å²) in [5, 5.41) is 8.97. The van der Waals surface area contributed by atoms with Gasteiger partial charge in [0.25, 0.3) is 0 Å². The number of aliphatic hydroxyl groups excluding tert-OH is 1. The van der Waals surface area contributed by atoms with Gasteiger partial charge in [-0.1, -0.05) is 45.2 Å². The summed E-state index contributed by atoms with van der Waals surface area (Å²) in [7, 11) is 0. The predicted octanol–water partition coefficient (Wildman–Crippen LogP) is 4.49. The van der Waals surface area contributed by atoms with Crippen LogP contribution in [0.15, 0.2) is 29.2 Å². The number of rotatable bonds is 8. The highest BCUT2D eigenvalue weighted by molar-refractivity contribution is 7.99. The second kappa shape index (κ2) is 8.60. The van der Waals surface area contributed by atoms with E-state index in [9.17, 15) is 0 Å². The minimum Gasteiger partial charge on any atom is -0.392 e. The van der Waals surface area contributed by atoms with Gasteiger partial charge in [-0.05, 0) is 30.0 Å². The van der Waals surface area contributed by atoms with Gasteiger partial charge >= 0.3 is 0 Å². The summed E-state index contributed by atoms with van der Waals surface area (Å²) in [5.41, 5.74) is 0.993. The smallest absolute Gasteiger partial charge is 0.0681 e. The van der Waals surface area contributed by atoms with Gasteiger partial charge < -0.3 is 5.11 Å². The molecule has 1 atom stereocenters. The maximum atomic E-state index is 8.97. The van der Waals surface area contributed by atoms with Crippen molar-refractivity contribution in [3.63, 3.8) is 0 Å². The number of hydrogen-bond acceptors (Lipinski definition) is 2. The summed E-state index contributed by atoms with van der Waals surface area (Å²) in [6, 6.07) is 8.25. The van der Waals surface area contributed by atoms with Gasteiger partial charge in [0.1, 0.15) is 0 Å². The third-order valence-electron chi connectivity index (χ3n) is 3.13. The van der Waals surface area contributed by atoms with Crippen LogP contribution < -0.4 is 0 Å². The van der Waals surface area contributed by atoms with E-state index in [1.54, 1.807) is 0 Å². The van der Waals surface area contributed by atoms with Gasteiger partial charge in [0.05, 0.1) is 6.61 Å². The Morgan fingerprint density at radius 1 is 1.18 bits per heavy atom. The number of benzene rings is 1. The van der Waals surface area contributed by atoms with Crippen LogP contribution in [0.2, 0.25) is 0 Å². The Labute approximate surface area is 110 Å². The summed E-state index contributed by atoms with van der Waals surface area (Å²) in [4.78, 5) is 1.32. The lowest BCUT2D eigenvalue weighted by molar-refractivity contribution is 0.282. The Kier molecular flexibility index (Phi) is 7.38. The Morgan fingerprint density at radius 3 is 2.41 bits per heavy atom. The number of hydrogen-bond donors (Lipinski definition) is 1. The second-order valence-electron chi connectivity index (χ2n) is 4.53. The molecule has 1 N–H and O–H groups in total. The molecule has 0 saturated heterocycles. The van der Waals surface area contributed by atoms with Crippen molar-refractivity contribution in [2.75, 3.05) is 5.75 Å². The standard InChI is InChI=1S/C15H24OS/c1-3-5-6-13(4-2)12-17-15-9-7-14(11-16)8-10-15/h7-10,13,16H,3-6,11-12H2,1-2H3. The van der Waals surface area contributed by atoms with Gasteiger partial charge in [0, 0.05) is 10.6 Å². The summed E-state index contributed by atoms with van der Waals surface area (Å²) < 4.78 is 0. The predicted molar refractivity (Wildman–Crippen MR) is 76.4 cm³/mol. The van der Waals surface area contributed by atoms with E-state index in [1.807, 2.05) is 23.9 Å². The highest BCUT2D eigenvalue weighted by Gasteiger charge is 2.06. The third-order valence-corrected chi connectivity index (χ3v) is 4.38. The maximum absolute atomic E-state index is 8.97. The van der Waals surface area contributed by atoms with Crippen LogP contribution in [0, 0.1) is 5.92 Å². The Hall–Kier alpha value is -0.470. The zero-order chi connectivity index (χ0) is 12.5. The lowest BCUT2D eigenvalue weighted by Crippen LogP contribution is -2.01. The van der Waals surface area contributed by atoms with Crippen molar-refractivity contribution in [1.29, 1.82) is 0 Å². The van der Waals surface area contributed by atoms with Gasteiger partial charge in [-0.25, -0.2) is 0 Å². The van der Waals surface area contributed by atoms with Gasteiger partial charge in [0.2, 0.25) is 0 Å². The summed E-state index contributed by atoms with van der Waals surface area (Å²) in [6.07, 6.45) is 5.28. The minimum atomic E-state index is 0.138. The van der Waals surface area contributed by atoms with E-state index in [4.69, 9.17) is 5.11 Å². The first-order valence-corrected chi connectivity index (χ1v) is 7.61. The molecule has 1 rings (SSSR count). The summed E-state index contributed by atoms with van der Waals surface area (Å²) in [6.45, 7) is 4.68. The van der Waals surface area contributed by atoms with Crippen molar-refractivity contribution in [3.8, 4) is 0 Å². The first kappa shape index (κ1) is 14.6. The van der Waals surface area contributed by atoms with Crippen LogP contribution in [0.1, 0.15) is 45.1 Å². The zero-order valence-corrected chi connectivity index (χ0v) is 11.8. The molecular weight excluding hydrogens is 228 g/mol. The van der Waals surface area contributed by atoms with Gasteiger partial charge in [-0.15, -0.1) is 11.8 Å². The first-order chi connectivity index (χ1) is 8.30. The molecule has 96 valence electrons. The number of aliphatic hydroxyl groups is 1. The molecule has 0 saturated carbocycles. The quantitative estimate of drug-likeness (QED) is 0.688. The molecule has 1 aromatic rings. The Balaban J connectivity index is 2.36. The van der Waals surface area contributed by atoms with E-state index in [0.717, 1.165) is 11.5 Å². The van der Waals surface area contributed by atoms with Gasteiger partial charge in [0.15, 0.2) is 0 Å². The van der Waals surface area contributed by atoms with Crippen LogP contribution in [0.5, 0.6) is 0 Å².